The quantitative estimate of drug-likeness (QED) is 0.241. The summed E-state index contributed by atoms with van der Waals surface area (Å²) in [4.78, 5) is 25.2. The van der Waals surface area contributed by atoms with Crippen LogP contribution in [0.1, 0.15) is 17.0 Å². The van der Waals surface area contributed by atoms with Crippen molar-refractivity contribution in [3.05, 3.63) is 54.7 Å². The third-order valence-corrected chi connectivity index (χ3v) is 5.20. The van der Waals surface area contributed by atoms with Crippen molar-refractivity contribution in [3.8, 4) is 0 Å². The first-order valence-electron chi connectivity index (χ1n) is 9.94. The van der Waals surface area contributed by atoms with E-state index in [0.717, 1.165) is 49.6 Å². The monoisotopic (exact) mass is 522 g/mol. The lowest BCUT2D eigenvalue weighted by molar-refractivity contribution is 0.0657. The van der Waals surface area contributed by atoms with E-state index in [9.17, 15) is 4.79 Å². The number of carbonyl (C=O) groups excluding carboxylic acids is 1. The molecule has 30 heavy (non-hydrogen) atoms. The number of benzene rings is 1. The number of hydrogen-bond donors (Lipinski definition) is 1. The molecule has 4 rings (SSSR count). The normalized spacial score (nSPS) is 14.6. The van der Waals surface area contributed by atoms with Gasteiger partial charge in [-0.25, -0.2) is 4.98 Å². The topological polar surface area (TPSA) is 78.9 Å². The molecule has 1 saturated heterocycles. The van der Waals surface area contributed by atoms with Crippen LogP contribution in [0.4, 0.5) is 0 Å². The third-order valence-electron chi connectivity index (χ3n) is 5.20. The molecular weight excluding hydrogens is 495 g/mol. The molecule has 0 radical (unpaired) electrons. The molecule has 1 N–H and O–H groups in total. The van der Waals surface area contributed by atoms with Crippen molar-refractivity contribution >= 4 is 46.9 Å². The number of nitrogens with zero attached hydrogens (tertiary/aromatic N) is 5. The Kier molecular flexibility index (Phi) is 7.72. The fraction of sp³-hybridized carbons (Fsp3) is 0.381. The molecule has 0 aliphatic carbocycles. The number of para-hydroxylation sites is 2. The first-order chi connectivity index (χ1) is 14.3. The fourth-order valence-corrected chi connectivity index (χ4v) is 3.65. The summed E-state index contributed by atoms with van der Waals surface area (Å²) >= 11 is 0. The number of hydrogen-bond acceptors (Lipinski definition) is 4. The number of aryl methyl sites for hydroxylation is 1. The first-order valence-corrected chi connectivity index (χ1v) is 9.94. The number of furan rings is 1. The molecule has 1 aliphatic heterocycles. The van der Waals surface area contributed by atoms with Crippen LogP contribution in [0.2, 0.25) is 0 Å². The summed E-state index contributed by atoms with van der Waals surface area (Å²) in [6.45, 7) is 4.53. The molecule has 160 valence electrons. The average molecular weight is 522 g/mol. The molecule has 0 atom stereocenters. The zero-order chi connectivity index (χ0) is 20.1. The molecule has 3 aromatic rings. The summed E-state index contributed by atoms with van der Waals surface area (Å²) in [7, 11) is 1.80. The summed E-state index contributed by atoms with van der Waals surface area (Å²) in [5, 5.41) is 3.44. The maximum atomic E-state index is 12.4. The summed E-state index contributed by atoms with van der Waals surface area (Å²) in [5.41, 5.74) is 2.19. The van der Waals surface area contributed by atoms with E-state index in [1.54, 1.807) is 19.2 Å². The first kappa shape index (κ1) is 22.1. The van der Waals surface area contributed by atoms with E-state index in [1.807, 2.05) is 29.4 Å². The van der Waals surface area contributed by atoms with Crippen molar-refractivity contribution in [1.29, 1.82) is 0 Å². The zero-order valence-electron chi connectivity index (χ0n) is 17.0. The van der Waals surface area contributed by atoms with Crippen LogP contribution in [0.3, 0.4) is 0 Å². The van der Waals surface area contributed by atoms with Gasteiger partial charge >= 0.3 is 0 Å². The lowest BCUT2D eigenvalue weighted by Gasteiger charge is -2.36. The summed E-state index contributed by atoms with van der Waals surface area (Å²) < 4.78 is 7.40. The number of rotatable bonds is 5. The van der Waals surface area contributed by atoms with Crippen LogP contribution in [0, 0.1) is 0 Å². The van der Waals surface area contributed by atoms with Gasteiger partial charge in [0.1, 0.15) is 0 Å². The number of halogens is 1. The van der Waals surface area contributed by atoms with E-state index in [4.69, 9.17) is 4.42 Å². The van der Waals surface area contributed by atoms with Crippen molar-refractivity contribution in [2.45, 2.75) is 13.0 Å². The Balaban J connectivity index is 0.00000256. The lowest BCUT2D eigenvalue weighted by atomic mass is 10.3. The van der Waals surface area contributed by atoms with Gasteiger partial charge in [-0.3, -0.25) is 9.79 Å². The molecule has 2 aromatic heterocycles. The van der Waals surface area contributed by atoms with Crippen LogP contribution in [-0.4, -0.2) is 71.0 Å². The third kappa shape index (κ3) is 4.94. The van der Waals surface area contributed by atoms with Crippen LogP contribution in [0.5, 0.6) is 0 Å². The Hall–Kier alpha value is -2.56. The maximum Gasteiger partial charge on any atom is 0.289 e. The Morgan fingerprint density at radius 3 is 2.63 bits per heavy atom. The molecule has 9 heteroatoms. The minimum atomic E-state index is -0.0508. The highest BCUT2D eigenvalue weighted by atomic mass is 127. The van der Waals surface area contributed by atoms with Gasteiger partial charge in [0.15, 0.2) is 11.7 Å². The summed E-state index contributed by atoms with van der Waals surface area (Å²) in [5.74, 6) is 1.23. The SMILES string of the molecule is CN=C(NCCCn1cnc2ccccc21)N1CCN(C(=O)c2ccco2)CC1.I. The van der Waals surface area contributed by atoms with E-state index in [0.29, 0.717) is 18.8 Å². The number of carbonyl (C=O) groups is 1. The smallest absolute Gasteiger partial charge is 0.289 e. The van der Waals surface area contributed by atoms with Crippen LogP contribution >= 0.6 is 24.0 Å². The lowest BCUT2D eigenvalue weighted by Crippen LogP contribution is -2.53. The number of imidazole rings is 1. The summed E-state index contributed by atoms with van der Waals surface area (Å²) in [6.07, 6.45) is 4.40. The zero-order valence-corrected chi connectivity index (χ0v) is 19.4. The molecule has 1 aliphatic rings. The van der Waals surface area contributed by atoms with Gasteiger partial charge in [-0.15, -0.1) is 24.0 Å². The van der Waals surface area contributed by atoms with Crippen molar-refractivity contribution in [2.24, 2.45) is 4.99 Å². The van der Waals surface area contributed by atoms with E-state index >= 15 is 0 Å². The summed E-state index contributed by atoms with van der Waals surface area (Å²) in [6, 6.07) is 11.6. The molecule has 0 bridgehead atoms. The van der Waals surface area contributed by atoms with Gasteiger partial charge in [-0.1, -0.05) is 12.1 Å². The van der Waals surface area contributed by atoms with Gasteiger partial charge in [-0.05, 0) is 30.7 Å². The molecule has 0 unspecified atom stereocenters. The number of aromatic nitrogens is 2. The maximum absolute atomic E-state index is 12.4. The molecule has 8 nitrogen and oxygen atoms in total. The standard InChI is InChI=1S/C21H26N6O2.HI/c1-22-21(23-9-5-10-27-16-24-17-6-2-3-7-18(17)27)26-13-11-25(12-14-26)20(28)19-8-4-15-29-19;/h2-4,6-8,15-16H,5,9-14H2,1H3,(H,22,23);1H. The number of amides is 1. The predicted octanol–water partition coefficient (Wildman–Crippen LogP) is 2.67. The largest absolute Gasteiger partial charge is 0.459 e. The van der Waals surface area contributed by atoms with E-state index < -0.39 is 0 Å². The van der Waals surface area contributed by atoms with Gasteiger partial charge in [0.05, 0.1) is 23.6 Å². The van der Waals surface area contributed by atoms with Crippen LogP contribution in [0.15, 0.2) is 58.4 Å². The second kappa shape index (κ2) is 10.5. The second-order valence-electron chi connectivity index (χ2n) is 7.01. The number of guanidine groups is 1. The van der Waals surface area contributed by atoms with Crippen molar-refractivity contribution in [1.82, 2.24) is 24.7 Å². The molecule has 0 spiro atoms. The van der Waals surface area contributed by atoms with Gasteiger partial charge in [0, 0.05) is 46.3 Å². The minimum Gasteiger partial charge on any atom is -0.459 e. The number of fused-ring (bicyclic) bond motifs is 1. The molecule has 1 aromatic carbocycles. The minimum absolute atomic E-state index is 0. The van der Waals surface area contributed by atoms with Crippen molar-refractivity contribution in [2.75, 3.05) is 39.8 Å². The second-order valence-corrected chi connectivity index (χ2v) is 7.01. The highest BCUT2D eigenvalue weighted by molar-refractivity contribution is 14.0. The molecular formula is C21H27IN6O2. The van der Waals surface area contributed by atoms with Gasteiger partial charge in [-0.2, -0.15) is 0 Å². The Morgan fingerprint density at radius 2 is 1.90 bits per heavy atom. The molecule has 3 heterocycles. The molecule has 0 saturated carbocycles. The Morgan fingerprint density at radius 1 is 1.13 bits per heavy atom. The Bertz CT molecular complexity index is 976. The van der Waals surface area contributed by atoms with Crippen molar-refractivity contribution in [3.63, 3.8) is 0 Å². The van der Waals surface area contributed by atoms with Crippen LogP contribution in [0.25, 0.3) is 11.0 Å². The van der Waals surface area contributed by atoms with E-state index in [2.05, 4.69) is 30.8 Å². The van der Waals surface area contributed by atoms with E-state index in [-0.39, 0.29) is 29.9 Å². The predicted molar refractivity (Wildman–Crippen MR) is 127 cm³/mol. The molecule has 1 fully saturated rings. The van der Waals surface area contributed by atoms with Crippen molar-refractivity contribution < 1.29 is 9.21 Å². The van der Waals surface area contributed by atoms with E-state index in [1.165, 1.54) is 6.26 Å². The number of piperazine rings is 1. The number of nitrogens with one attached hydrogen (secondary N) is 1. The average Bonchev–Trinajstić information content (AvgIpc) is 3.44. The van der Waals surface area contributed by atoms with Crippen LogP contribution in [-0.2, 0) is 6.54 Å². The fourth-order valence-electron chi connectivity index (χ4n) is 3.65. The van der Waals surface area contributed by atoms with Crippen LogP contribution < -0.4 is 5.32 Å². The van der Waals surface area contributed by atoms with Gasteiger partial charge < -0.3 is 24.1 Å². The highest BCUT2D eigenvalue weighted by Crippen LogP contribution is 2.12. The van der Waals surface area contributed by atoms with Gasteiger partial charge in [0.25, 0.3) is 5.91 Å². The highest BCUT2D eigenvalue weighted by Gasteiger charge is 2.25. The number of aliphatic imine (C=N–C) groups is 1. The van der Waals surface area contributed by atoms with Gasteiger partial charge in [0.2, 0.25) is 0 Å². The Labute approximate surface area is 193 Å². The molecule has 1 amide bonds.